The summed E-state index contributed by atoms with van der Waals surface area (Å²) in [6, 6.07) is 6.23. The van der Waals surface area contributed by atoms with E-state index in [9.17, 15) is 0 Å². The summed E-state index contributed by atoms with van der Waals surface area (Å²) in [7, 11) is 0. The molecule has 1 aromatic heterocycles. The van der Waals surface area contributed by atoms with Crippen molar-refractivity contribution >= 4 is 27.3 Å². The average molecular weight is 311 g/mol. The molecule has 90 valence electrons. The van der Waals surface area contributed by atoms with Crippen LogP contribution in [0, 0.1) is 6.92 Å². The highest BCUT2D eigenvalue weighted by Gasteiger charge is 2.18. The van der Waals surface area contributed by atoms with Gasteiger partial charge < -0.3 is 5.73 Å². The van der Waals surface area contributed by atoms with E-state index in [1.807, 2.05) is 25.3 Å². The molecule has 2 aromatic rings. The molecule has 0 aliphatic rings. The van der Waals surface area contributed by atoms with Crippen LogP contribution in [-0.2, 0) is 5.54 Å². The van der Waals surface area contributed by atoms with Crippen molar-refractivity contribution in [1.29, 1.82) is 0 Å². The summed E-state index contributed by atoms with van der Waals surface area (Å²) in [5.41, 5.74) is 9.00. The Kier molecular flexibility index (Phi) is 3.39. The van der Waals surface area contributed by atoms with Crippen LogP contribution in [0.5, 0.6) is 0 Å². The van der Waals surface area contributed by atoms with E-state index in [1.54, 1.807) is 11.3 Å². The number of hydrogen-bond donors (Lipinski definition) is 1. The number of hydrogen-bond acceptors (Lipinski definition) is 3. The number of thiazole rings is 1. The Bertz CT molecular complexity index is 541. The Morgan fingerprint density at radius 3 is 2.65 bits per heavy atom. The molecule has 0 fully saturated rings. The lowest BCUT2D eigenvalue weighted by atomic mass is 10.0. The van der Waals surface area contributed by atoms with Crippen LogP contribution in [0.1, 0.15) is 25.1 Å². The smallest absolute Gasteiger partial charge is 0.123 e. The van der Waals surface area contributed by atoms with Gasteiger partial charge in [0, 0.05) is 15.4 Å². The van der Waals surface area contributed by atoms with Crippen molar-refractivity contribution in [3.63, 3.8) is 0 Å². The van der Waals surface area contributed by atoms with Gasteiger partial charge in [-0.1, -0.05) is 22.0 Å². The first-order valence-electron chi connectivity index (χ1n) is 5.39. The molecular formula is C13H15BrN2S. The first kappa shape index (κ1) is 12.7. The first-order valence-corrected chi connectivity index (χ1v) is 7.06. The maximum Gasteiger partial charge on any atom is 0.123 e. The van der Waals surface area contributed by atoms with Crippen LogP contribution in [0.3, 0.4) is 0 Å². The monoisotopic (exact) mass is 310 g/mol. The van der Waals surface area contributed by atoms with Crippen molar-refractivity contribution in [2.45, 2.75) is 26.3 Å². The maximum absolute atomic E-state index is 6.05. The van der Waals surface area contributed by atoms with Crippen LogP contribution in [0.15, 0.2) is 28.1 Å². The van der Waals surface area contributed by atoms with Gasteiger partial charge in [0.1, 0.15) is 5.01 Å². The lowest BCUT2D eigenvalue weighted by Crippen LogP contribution is -2.28. The van der Waals surface area contributed by atoms with Crippen molar-refractivity contribution in [3.05, 3.63) is 39.3 Å². The lowest BCUT2D eigenvalue weighted by Gasteiger charge is -2.14. The third-order valence-electron chi connectivity index (χ3n) is 2.59. The van der Waals surface area contributed by atoms with E-state index in [4.69, 9.17) is 5.73 Å². The van der Waals surface area contributed by atoms with E-state index in [2.05, 4.69) is 40.0 Å². The summed E-state index contributed by atoms with van der Waals surface area (Å²) >= 11 is 5.13. The van der Waals surface area contributed by atoms with Crippen molar-refractivity contribution in [2.24, 2.45) is 5.73 Å². The molecule has 0 spiro atoms. The second-order valence-corrected chi connectivity index (χ2v) is 6.49. The molecule has 0 radical (unpaired) electrons. The highest BCUT2D eigenvalue weighted by molar-refractivity contribution is 9.10. The molecule has 1 heterocycles. The van der Waals surface area contributed by atoms with Gasteiger partial charge in [0.2, 0.25) is 0 Å². The molecule has 0 aliphatic heterocycles. The molecule has 0 bridgehead atoms. The number of aromatic nitrogens is 1. The zero-order valence-electron chi connectivity index (χ0n) is 10.1. The fraction of sp³-hybridized carbons (Fsp3) is 0.308. The molecule has 2 rings (SSSR count). The second-order valence-electron chi connectivity index (χ2n) is 4.72. The van der Waals surface area contributed by atoms with Gasteiger partial charge in [-0.05, 0) is 38.5 Å². The topological polar surface area (TPSA) is 38.9 Å². The van der Waals surface area contributed by atoms with E-state index in [0.29, 0.717) is 0 Å². The number of rotatable bonds is 2. The largest absolute Gasteiger partial charge is 0.321 e. The molecular weight excluding hydrogens is 296 g/mol. The van der Waals surface area contributed by atoms with Crippen LogP contribution in [-0.4, -0.2) is 4.98 Å². The average Bonchev–Trinajstić information content (AvgIpc) is 2.70. The second kappa shape index (κ2) is 4.52. The van der Waals surface area contributed by atoms with Crippen molar-refractivity contribution in [3.8, 4) is 10.6 Å². The summed E-state index contributed by atoms with van der Waals surface area (Å²) in [5, 5.41) is 3.06. The van der Waals surface area contributed by atoms with Gasteiger partial charge >= 0.3 is 0 Å². The molecule has 0 saturated carbocycles. The van der Waals surface area contributed by atoms with Gasteiger partial charge in [-0.3, -0.25) is 0 Å². The normalized spacial score (nSPS) is 11.8. The lowest BCUT2D eigenvalue weighted by molar-refractivity contribution is 0.539. The quantitative estimate of drug-likeness (QED) is 0.908. The predicted molar refractivity (Wildman–Crippen MR) is 77.2 cm³/mol. The van der Waals surface area contributed by atoms with Gasteiger partial charge in [-0.15, -0.1) is 11.3 Å². The number of aryl methyl sites for hydroxylation is 1. The Morgan fingerprint density at radius 2 is 2.06 bits per heavy atom. The molecule has 2 N–H and O–H groups in total. The number of nitrogens with two attached hydrogens (primary N) is 1. The zero-order valence-corrected chi connectivity index (χ0v) is 12.5. The molecule has 0 atom stereocenters. The van der Waals surface area contributed by atoms with Gasteiger partial charge in [0.05, 0.1) is 11.2 Å². The number of benzene rings is 1. The van der Waals surface area contributed by atoms with Gasteiger partial charge in [-0.2, -0.15) is 0 Å². The zero-order chi connectivity index (χ0) is 12.6. The van der Waals surface area contributed by atoms with Crippen LogP contribution >= 0.6 is 27.3 Å². The number of nitrogens with zero attached hydrogens (tertiary/aromatic N) is 1. The minimum atomic E-state index is -0.380. The van der Waals surface area contributed by atoms with E-state index < -0.39 is 0 Å². The Hall–Kier alpha value is -0.710. The van der Waals surface area contributed by atoms with Crippen LogP contribution in [0.4, 0.5) is 0 Å². The van der Waals surface area contributed by atoms with Crippen molar-refractivity contribution in [2.75, 3.05) is 0 Å². The van der Waals surface area contributed by atoms with Crippen LogP contribution in [0.2, 0.25) is 0 Å². The van der Waals surface area contributed by atoms with Crippen molar-refractivity contribution in [1.82, 2.24) is 4.98 Å². The maximum atomic E-state index is 6.05. The minimum Gasteiger partial charge on any atom is -0.321 e. The third-order valence-corrected chi connectivity index (χ3v) is 3.96. The Balaban J connectivity index is 2.47. The molecule has 0 amide bonds. The summed E-state index contributed by atoms with van der Waals surface area (Å²) < 4.78 is 1.07. The van der Waals surface area contributed by atoms with E-state index >= 15 is 0 Å². The SMILES string of the molecule is Cc1ccc(Br)cc1-c1nc(C(C)(C)N)cs1. The molecule has 4 heteroatoms. The molecule has 1 aromatic carbocycles. The highest BCUT2D eigenvalue weighted by Crippen LogP contribution is 2.31. The van der Waals surface area contributed by atoms with Gasteiger partial charge in [-0.25, -0.2) is 4.98 Å². The molecule has 0 aliphatic carbocycles. The summed E-state index contributed by atoms with van der Waals surface area (Å²) in [5.74, 6) is 0. The fourth-order valence-corrected chi connectivity index (χ4v) is 2.96. The number of halogens is 1. The van der Waals surface area contributed by atoms with Gasteiger partial charge in [0.15, 0.2) is 0 Å². The summed E-state index contributed by atoms with van der Waals surface area (Å²) in [6.45, 7) is 6.04. The predicted octanol–water partition coefficient (Wildman–Crippen LogP) is 4.07. The highest BCUT2D eigenvalue weighted by atomic mass is 79.9. The molecule has 0 saturated heterocycles. The first-order chi connectivity index (χ1) is 7.88. The molecule has 17 heavy (non-hydrogen) atoms. The van der Waals surface area contributed by atoms with E-state index in [0.717, 1.165) is 15.2 Å². The van der Waals surface area contributed by atoms with Crippen LogP contribution in [0.25, 0.3) is 10.6 Å². The van der Waals surface area contributed by atoms with Crippen molar-refractivity contribution < 1.29 is 0 Å². The molecule has 0 unspecified atom stereocenters. The summed E-state index contributed by atoms with van der Waals surface area (Å²) in [6.07, 6.45) is 0. The Labute approximate surface area is 114 Å². The van der Waals surface area contributed by atoms with E-state index in [-0.39, 0.29) is 5.54 Å². The molecule has 2 nitrogen and oxygen atoms in total. The third kappa shape index (κ3) is 2.76. The van der Waals surface area contributed by atoms with Gasteiger partial charge in [0.25, 0.3) is 0 Å². The summed E-state index contributed by atoms with van der Waals surface area (Å²) in [4.78, 5) is 4.63. The Morgan fingerprint density at radius 1 is 1.35 bits per heavy atom. The standard InChI is InChI=1S/C13H15BrN2S/c1-8-4-5-9(14)6-10(8)12-16-11(7-17-12)13(2,3)15/h4-7H,15H2,1-3H3. The fourth-order valence-electron chi connectivity index (χ4n) is 1.52. The van der Waals surface area contributed by atoms with E-state index in [1.165, 1.54) is 11.1 Å². The minimum absolute atomic E-state index is 0.380. The van der Waals surface area contributed by atoms with Crippen LogP contribution < -0.4 is 5.73 Å².